The monoisotopic (exact) mass is 346 g/mol. The number of nitrogens with zero attached hydrogens (tertiary/aromatic N) is 1. The Balaban J connectivity index is 0.00000161. The van der Waals surface area contributed by atoms with Crippen LogP contribution in [0.15, 0.2) is 48.5 Å². The first-order chi connectivity index (χ1) is 9.72. The molecule has 0 bridgehead atoms. The minimum Gasteiger partial charge on any atom is -0.508 e. The van der Waals surface area contributed by atoms with Gasteiger partial charge in [-0.2, -0.15) is 6.92 Å². The summed E-state index contributed by atoms with van der Waals surface area (Å²) in [5.74, 6) is 0.316. The average molecular weight is 348 g/mol. The number of aromatic hydroxyl groups is 1. The van der Waals surface area contributed by atoms with E-state index in [1.54, 1.807) is 17.4 Å². The van der Waals surface area contributed by atoms with Crippen LogP contribution in [-0.4, -0.2) is 5.11 Å². The fourth-order valence-corrected chi connectivity index (χ4v) is 3.53. The normalized spacial score (nSPS) is 10.4. The quantitative estimate of drug-likeness (QED) is 0.429. The van der Waals surface area contributed by atoms with Gasteiger partial charge in [0.25, 0.3) is 0 Å². The molecule has 102 valence electrons. The van der Waals surface area contributed by atoms with Crippen LogP contribution >= 0.6 is 11.3 Å². The third kappa shape index (κ3) is 2.83. The van der Waals surface area contributed by atoms with Gasteiger partial charge in [-0.3, -0.25) is 0 Å². The molecule has 0 saturated carbocycles. The number of phenolic OH excluding ortho intramolecular Hbond substituents is 1. The van der Waals surface area contributed by atoms with Crippen LogP contribution in [0.4, 0.5) is 0 Å². The Kier molecular flexibility index (Phi) is 5.02. The molecule has 1 heterocycles. The van der Waals surface area contributed by atoms with Crippen LogP contribution in [0.3, 0.4) is 0 Å². The van der Waals surface area contributed by atoms with Gasteiger partial charge in [-0.25, -0.2) is 0 Å². The fraction of sp³-hybridized carbons (Fsp3) is 0.118. The predicted octanol–water partition coefficient (Wildman–Crippen LogP) is 4.18. The average Bonchev–Trinajstić information content (AvgIpc) is 2.86. The maximum Gasteiger partial charge on any atom is 2.00 e. The summed E-state index contributed by atoms with van der Waals surface area (Å²) in [4.78, 5) is 0. The zero-order chi connectivity index (χ0) is 14.1. The molecule has 0 radical (unpaired) electrons. The number of para-hydroxylation sites is 2. The van der Waals surface area contributed by atoms with E-state index in [1.807, 2.05) is 37.3 Å². The van der Waals surface area contributed by atoms with Gasteiger partial charge in [0, 0.05) is 10.3 Å². The molecular weight excluding hydrogens is 332 g/mol. The molecule has 0 amide bonds. The van der Waals surface area contributed by atoms with Crippen molar-refractivity contribution in [1.82, 2.24) is 0 Å². The third-order valence-electron chi connectivity index (χ3n) is 3.42. The molecule has 0 fully saturated rings. The number of fused-ring (bicyclic) bond motifs is 1. The maximum atomic E-state index is 10.1. The SMILES string of the molecule is C[CH-][C-](C)[n+]1c(-c2ccccc2O)sc2ccccc21.[Zn+2]. The van der Waals surface area contributed by atoms with Gasteiger partial charge in [-0.1, -0.05) is 49.4 Å². The number of thiazole rings is 1. The molecule has 1 aromatic heterocycles. The molecule has 0 atom stereocenters. The number of aromatic nitrogens is 1. The van der Waals surface area contributed by atoms with Gasteiger partial charge in [-0.15, -0.1) is 11.3 Å². The van der Waals surface area contributed by atoms with Crippen LogP contribution in [-0.2, 0) is 19.5 Å². The van der Waals surface area contributed by atoms with Crippen molar-refractivity contribution in [2.24, 2.45) is 0 Å². The van der Waals surface area contributed by atoms with Crippen LogP contribution in [0, 0.1) is 12.5 Å². The van der Waals surface area contributed by atoms with Crippen molar-refractivity contribution < 1.29 is 29.2 Å². The summed E-state index contributed by atoms with van der Waals surface area (Å²) in [5.41, 5.74) is 2.04. The Labute approximate surface area is 141 Å². The van der Waals surface area contributed by atoms with Gasteiger partial charge >= 0.3 is 19.5 Å². The van der Waals surface area contributed by atoms with Crippen LogP contribution in [0.2, 0.25) is 0 Å². The molecule has 3 aromatic rings. The Morgan fingerprint density at radius 1 is 1.10 bits per heavy atom. The van der Waals surface area contributed by atoms with Crippen molar-refractivity contribution in [3.8, 4) is 16.3 Å². The van der Waals surface area contributed by atoms with Crippen molar-refractivity contribution >= 4 is 21.6 Å². The topological polar surface area (TPSA) is 24.1 Å². The Morgan fingerprint density at radius 3 is 2.48 bits per heavy atom. The molecule has 0 aliphatic rings. The fourth-order valence-electron chi connectivity index (χ4n) is 2.30. The van der Waals surface area contributed by atoms with Gasteiger partial charge in [0.05, 0.1) is 0 Å². The van der Waals surface area contributed by atoms with E-state index >= 15 is 0 Å². The summed E-state index contributed by atoms with van der Waals surface area (Å²) in [6, 6.07) is 17.0. The molecule has 0 spiro atoms. The molecule has 0 unspecified atom stereocenters. The van der Waals surface area contributed by atoms with E-state index in [1.165, 1.54) is 10.2 Å². The van der Waals surface area contributed by atoms with Crippen molar-refractivity contribution in [2.75, 3.05) is 0 Å². The van der Waals surface area contributed by atoms with E-state index in [4.69, 9.17) is 0 Å². The number of hydrogen-bond donors (Lipinski definition) is 1. The molecule has 21 heavy (non-hydrogen) atoms. The number of benzene rings is 2. The van der Waals surface area contributed by atoms with Gasteiger partial charge in [0.15, 0.2) is 5.01 Å². The van der Waals surface area contributed by atoms with Crippen molar-refractivity contribution in [2.45, 2.75) is 13.8 Å². The first-order valence-corrected chi connectivity index (χ1v) is 7.39. The molecule has 4 heteroatoms. The van der Waals surface area contributed by atoms with Gasteiger partial charge < -0.3 is 16.1 Å². The molecule has 0 aliphatic carbocycles. The molecule has 0 saturated heterocycles. The largest absolute Gasteiger partial charge is 2.00 e. The van der Waals surface area contributed by atoms with Gasteiger partial charge in [0.2, 0.25) is 0 Å². The second kappa shape index (κ2) is 6.59. The van der Waals surface area contributed by atoms with Crippen LogP contribution in [0.5, 0.6) is 5.75 Å². The van der Waals surface area contributed by atoms with Gasteiger partial charge in [0.1, 0.15) is 11.3 Å². The van der Waals surface area contributed by atoms with E-state index in [2.05, 4.69) is 30.0 Å². The summed E-state index contributed by atoms with van der Waals surface area (Å²) in [7, 11) is 0. The van der Waals surface area contributed by atoms with Crippen molar-refractivity contribution in [3.05, 3.63) is 61.0 Å². The van der Waals surface area contributed by atoms with E-state index in [-0.39, 0.29) is 19.5 Å². The maximum absolute atomic E-state index is 10.1. The van der Waals surface area contributed by atoms with Gasteiger partial charge in [-0.05, 0) is 12.1 Å². The summed E-state index contributed by atoms with van der Waals surface area (Å²) in [5, 5.41) is 11.2. The summed E-state index contributed by atoms with van der Waals surface area (Å²) < 4.78 is 3.42. The molecule has 0 aliphatic heterocycles. The number of phenols is 1. The summed E-state index contributed by atoms with van der Waals surface area (Å²) in [6.07, 6.45) is 2.09. The smallest absolute Gasteiger partial charge is 0.508 e. The van der Waals surface area contributed by atoms with Crippen molar-refractivity contribution in [3.63, 3.8) is 0 Å². The summed E-state index contributed by atoms with van der Waals surface area (Å²) >= 11 is 1.70. The first kappa shape index (κ1) is 16.0. The van der Waals surface area contributed by atoms with Crippen LogP contribution < -0.4 is 4.57 Å². The Hall–Kier alpha value is -1.38. The summed E-state index contributed by atoms with van der Waals surface area (Å²) in [6.45, 7) is 4.12. The number of hydrogen-bond acceptors (Lipinski definition) is 2. The van der Waals surface area contributed by atoms with E-state index in [9.17, 15) is 5.11 Å². The second-order valence-corrected chi connectivity index (χ2v) is 5.69. The molecule has 2 nitrogen and oxygen atoms in total. The third-order valence-corrected chi connectivity index (χ3v) is 4.58. The van der Waals surface area contributed by atoms with E-state index in [0.29, 0.717) is 5.75 Å². The first-order valence-electron chi connectivity index (χ1n) is 6.57. The van der Waals surface area contributed by atoms with Crippen molar-refractivity contribution in [1.29, 1.82) is 0 Å². The van der Waals surface area contributed by atoms with Crippen LogP contribution in [0.25, 0.3) is 20.8 Å². The second-order valence-electron chi connectivity index (χ2n) is 4.66. The zero-order valence-electron chi connectivity index (χ0n) is 12.2. The van der Waals surface area contributed by atoms with E-state index in [0.717, 1.165) is 16.6 Å². The van der Waals surface area contributed by atoms with E-state index < -0.39 is 0 Å². The number of rotatable bonds is 3. The predicted molar refractivity (Wildman–Crippen MR) is 83.4 cm³/mol. The standard InChI is InChI=1S/C17H16NOS.Zn/c1-3-12(2)18-14-9-5-7-11-16(14)20-17(18)13-8-4-6-10-15(13)19;/h3-11,19H,1-2H3;/q-1;+2. The Morgan fingerprint density at radius 2 is 1.76 bits per heavy atom. The molecular formula is C17H16NOSZn+. The molecule has 2 aromatic carbocycles. The zero-order valence-corrected chi connectivity index (χ0v) is 16.0. The molecule has 1 N–H and O–H groups in total. The minimum atomic E-state index is 0. The Bertz CT molecular complexity index is 753. The molecule has 3 rings (SSSR count). The minimum absolute atomic E-state index is 0. The van der Waals surface area contributed by atoms with Crippen LogP contribution in [0.1, 0.15) is 13.8 Å².